The molecule has 1 aliphatic heterocycles. The number of fused-ring (bicyclic) bond motifs is 1. The lowest BCUT2D eigenvalue weighted by Crippen LogP contribution is -2.27. The second kappa shape index (κ2) is 4.63. The van der Waals surface area contributed by atoms with Gasteiger partial charge < -0.3 is 19.7 Å². The first-order chi connectivity index (χ1) is 8.17. The first-order valence-electron chi connectivity index (χ1n) is 5.31. The molecule has 0 amide bonds. The number of benzene rings is 1. The fourth-order valence-corrected chi connectivity index (χ4v) is 2.07. The summed E-state index contributed by atoms with van der Waals surface area (Å²) in [5.41, 5.74) is 0.812. The van der Waals surface area contributed by atoms with E-state index in [9.17, 15) is 15.0 Å². The average molecular weight is 238 g/mol. The molecule has 0 aliphatic carbocycles. The van der Waals surface area contributed by atoms with Gasteiger partial charge in [-0.15, -0.1) is 0 Å². The molecule has 0 fully saturated rings. The molecule has 0 bridgehead atoms. The monoisotopic (exact) mass is 238 g/mol. The van der Waals surface area contributed by atoms with Gasteiger partial charge in [0, 0.05) is 17.5 Å². The molecule has 17 heavy (non-hydrogen) atoms. The number of phenols is 1. The summed E-state index contributed by atoms with van der Waals surface area (Å²) < 4.78 is 10.0. The van der Waals surface area contributed by atoms with Crippen molar-refractivity contribution < 1.29 is 24.5 Å². The quantitative estimate of drug-likeness (QED) is 0.756. The average Bonchev–Trinajstić information content (AvgIpc) is 2.73. The summed E-state index contributed by atoms with van der Waals surface area (Å²) in [6.07, 6.45) is 0. The minimum atomic E-state index is -0.634. The second-order valence-corrected chi connectivity index (χ2v) is 3.95. The maximum absolute atomic E-state index is 11.5. The summed E-state index contributed by atoms with van der Waals surface area (Å²) in [6, 6.07) is 4.74. The lowest BCUT2D eigenvalue weighted by molar-refractivity contribution is -0.147. The van der Waals surface area contributed by atoms with Gasteiger partial charge in [0.2, 0.25) is 0 Å². The largest absolute Gasteiger partial charge is 0.508 e. The first-order valence-corrected chi connectivity index (χ1v) is 5.31. The normalized spacial score (nSPS) is 19.3. The fourth-order valence-electron chi connectivity index (χ4n) is 2.07. The van der Waals surface area contributed by atoms with Gasteiger partial charge in [0.1, 0.15) is 11.5 Å². The van der Waals surface area contributed by atoms with E-state index in [1.807, 2.05) is 0 Å². The highest BCUT2D eigenvalue weighted by Gasteiger charge is 2.36. The first kappa shape index (κ1) is 11.7. The molecule has 1 heterocycles. The fraction of sp³-hybridized carbons (Fsp3) is 0.417. The number of rotatable bonds is 3. The van der Waals surface area contributed by atoms with Crippen LogP contribution in [0.3, 0.4) is 0 Å². The van der Waals surface area contributed by atoms with Gasteiger partial charge in [0.05, 0.1) is 26.2 Å². The van der Waals surface area contributed by atoms with Gasteiger partial charge in [-0.05, 0) is 6.07 Å². The summed E-state index contributed by atoms with van der Waals surface area (Å²) >= 11 is 0. The van der Waals surface area contributed by atoms with Crippen LogP contribution in [0.15, 0.2) is 18.2 Å². The number of carbonyl (C=O) groups excluding carboxylic acids is 1. The van der Waals surface area contributed by atoms with Gasteiger partial charge in [-0.2, -0.15) is 0 Å². The molecular formula is C12H14O5. The molecular weight excluding hydrogens is 224 g/mol. The SMILES string of the molecule is COC(=O)C(CO)C1COc2cc(O)ccc21. The van der Waals surface area contributed by atoms with Crippen molar-refractivity contribution in [1.82, 2.24) is 0 Å². The highest BCUT2D eigenvalue weighted by atomic mass is 16.5. The Labute approximate surface area is 98.6 Å². The molecule has 0 radical (unpaired) electrons. The Kier molecular flexibility index (Phi) is 3.19. The molecule has 0 saturated carbocycles. The summed E-state index contributed by atoms with van der Waals surface area (Å²) in [4.78, 5) is 11.5. The number of aromatic hydroxyl groups is 1. The van der Waals surface area contributed by atoms with Crippen molar-refractivity contribution in [2.24, 2.45) is 5.92 Å². The van der Waals surface area contributed by atoms with Crippen LogP contribution in [0.5, 0.6) is 11.5 Å². The van der Waals surface area contributed by atoms with E-state index < -0.39 is 11.9 Å². The molecule has 5 heteroatoms. The van der Waals surface area contributed by atoms with Crippen LogP contribution in [0.4, 0.5) is 0 Å². The maximum atomic E-state index is 11.5. The lowest BCUT2D eigenvalue weighted by Gasteiger charge is -2.17. The van der Waals surface area contributed by atoms with Crippen molar-refractivity contribution in [3.05, 3.63) is 23.8 Å². The number of carbonyl (C=O) groups is 1. The minimum absolute atomic E-state index is 0.114. The number of phenolic OH excluding ortho intramolecular Hbond substituents is 1. The number of methoxy groups -OCH3 is 1. The van der Waals surface area contributed by atoms with E-state index in [0.717, 1.165) is 5.56 Å². The van der Waals surface area contributed by atoms with Crippen LogP contribution in [0.25, 0.3) is 0 Å². The maximum Gasteiger partial charge on any atom is 0.311 e. The van der Waals surface area contributed by atoms with Crippen LogP contribution in [-0.4, -0.2) is 36.5 Å². The van der Waals surface area contributed by atoms with Gasteiger partial charge in [-0.3, -0.25) is 4.79 Å². The molecule has 0 saturated heterocycles. The van der Waals surface area contributed by atoms with E-state index in [2.05, 4.69) is 4.74 Å². The van der Waals surface area contributed by atoms with E-state index in [0.29, 0.717) is 12.4 Å². The standard InChI is InChI=1S/C12H14O5/c1-16-12(15)9(5-13)10-6-17-11-4-7(14)2-3-8(10)11/h2-4,9-10,13-14H,5-6H2,1H3. The molecule has 1 aromatic carbocycles. The third-order valence-corrected chi connectivity index (χ3v) is 3.00. The van der Waals surface area contributed by atoms with Gasteiger partial charge in [-0.25, -0.2) is 0 Å². The zero-order valence-corrected chi connectivity index (χ0v) is 9.42. The molecule has 0 aromatic heterocycles. The number of esters is 1. The van der Waals surface area contributed by atoms with E-state index in [4.69, 9.17) is 4.74 Å². The van der Waals surface area contributed by atoms with Gasteiger partial charge >= 0.3 is 5.97 Å². The molecule has 2 rings (SSSR count). The third kappa shape index (κ3) is 2.06. The topological polar surface area (TPSA) is 76.0 Å². The molecule has 0 spiro atoms. The Balaban J connectivity index is 2.29. The molecule has 1 aliphatic rings. The van der Waals surface area contributed by atoms with Crippen LogP contribution >= 0.6 is 0 Å². The lowest BCUT2D eigenvalue weighted by atomic mass is 9.88. The van der Waals surface area contributed by atoms with E-state index in [1.165, 1.54) is 19.2 Å². The molecule has 2 atom stereocenters. The minimum Gasteiger partial charge on any atom is -0.508 e. The number of aliphatic hydroxyl groups excluding tert-OH is 1. The Morgan fingerprint density at radius 1 is 1.65 bits per heavy atom. The molecule has 2 N–H and O–H groups in total. The predicted octanol–water partition coefficient (Wildman–Crippen LogP) is 0.650. The second-order valence-electron chi connectivity index (χ2n) is 3.95. The number of aliphatic hydroxyl groups is 1. The Morgan fingerprint density at radius 3 is 3.06 bits per heavy atom. The number of hydrogen-bond acceptors (Lipinski definition) is 5. The van der Waals surface area contributed by atoms with Crippen LogP contribution in [-0.2, 0) is 9.53 Å². The highest BCUT2D eigenvalue weighted by molar-refractivity contribution is 5.74. The van der Waals surface area contributed by atoms with Crippen molar-refractivity contribution in [3.63, 3.8) is 0 Å². The van der Waals surface area contributed by atoms with E-state index in [-0.39, 0.29) is 18.3 Å². The Hall–Kier alpha value is -1.75. The van der Waals surface area contributed by atoms with Crippen LogP contribution < -0.4 is 4.74 Å². The van der Waals surface area contributed by atoms with Crippen molar-refractivity contribution in [2.45, 2.75) is 5.92 Å². The van der Waals surface area contributed by atoms with Crippen molar-refractivity contribution in [3.8, 4) is 11.5 Å². The summed E-state index contributed by atoms with van der Waals surface area (Å²) in [5, 5.41) is 18.6. The summed E-state index contributed by atoms with van der Waals surface area (Å²) in [7, 11) is 1.29. The van der Waals surface area contributed by atoms with Crippen LogP contribution in [0.2, 0.25) is 0 Å². The van der Waals surface area contributed by atoms with E-state index >= 15 is 0 Å². The Morgan fingerprint density at radius 2 is 2.41 bits per heavy atom. The Bertz CT molecular complexity index is 429. The van der Waals surface area contributed by atoms with Crippen molar-refractivity contribution in [2.75, 3.05) is 20.3 Å². The third-order valence-electron chi connectivity index (χ3n) is 3.00. The van der Waals surface area contributed by atoms with Crippen molar-refractivity contribution in [1.29, 1.82) is 0 Å². The van der Waals surface area contributed by atoms with Crippen LogP contribution in [0.1, 0.15) is 11.5 Å². The molecule has 92 valence electrons. The highest BCUT2D eigenvalue weighted by Crippen LogP contribution is 2.40. The molecule has 1 aromatic rings. The van der Waals surface area contributed by atoms with Gasteiger partial charge in [-0.1, -0.05) is 6.07 Å². The molecule has 2 unspecified atom stereocenters. The van der Waals surface area contributed by atoms with E-state index in [1.54, 1.807) is 6.07 Å². The van der Waals surface area contributed by atoms with Gasteiger partial charge in [0.15, 0.2) is 0 Å². The smallest absolute Gasteiger partial charge is 0.311 e. The zero-order valence-electron chi connectivity index (χ0n) is 9.42. The summed E-state index contributed by atoms with van der Waals surface area (Å²) in [6.45, 7) is 0.0140. The number of ether oxygens (including phenoxy) is 2. The molecule has 5 nitrogen and oxygen atoms in total. The van der Waals surface area contributed by atoms with Gasteiger partial charge in [0.25, 0.3) is 0 Å². The zero-order chi connectivity index (χ0) is 12.4. The summed E-state index contributed by atoms with van der Waals surface area (Å²) in [5.74, 6) is -0.656. The van der Waals surface area contributed by atoms with Crippen molar-refractivity contribution >= 4 is 5.97 Å². The number of hydrogen-bond donors (Lipinski definition) is 2. The van der Waals surface area contributed by atoms with Crippen LogP contribution in [0, 0.1) is 5.92 Å². The predicted molar refractivity (Wildman–Crippen MR) is 58.9 cm³/mol.